The second-order valence-corrected chi connectivity index (χ2v) is 12.8. The minimum atomic E-state index is -0.499. The van der Waals surface area contributed by atoms with Crippen LogP contribution in [-0.2, 0) is 0 Å². The van der Waals surface area contributed by atoms with Crippen LogP contribution >= 0.6 is 0 Å². The van der Waals surface area contributed by atoms with E-state index in [1.165, 1.54) is 57.8 Å². The van der Waals surface area contributed by atoms with E-state index in [1.54, 1.807) is 0 Å². The van der Waals surface area contributed by atoms with E-state index in [9.17, 15) is 10.2 Å². The normalized spacial score (nSPS) is 50.7. The molecule has 2 heteroatoms. The Hall–Kier alpha value is -0.0800. The molecule has 4 saturated carbocycles. The van der Waals surface area contributed by atoms with Gasteiger partial charge in [-0.1, -0.05) is 53.9 Å². The van der Waals surface area contributed by atoms with E-state index in [0.29, 0.717) is 11.3 Å². The Balaban J connectivity index is 1.47. The van der Waals surface area contributed by atoms with E-state index in [2.05, 4.69) is 34.6 Å². The maximum atomic E-state index is 10.5. The molecule has 168 valence electrons. The smallest absolute Gasteiger partial charge is 0.0804 e. The van der Waals surface area contributed by atoms with Gasteiger partial charge in [-0.2, -0.15) is 0 Å². The van der Waals surface area contributed by atoms with Crippen LogP contribution in [0.2, 0.25) is 0 Å². The standard InChI is InChI=1S/C27H48O2/c1-17(2)7-6-8-18(3)21-11-12-22-20-10-9-19-15-24(28)25(29)16-27(19,5)23(20)13-14-26(21,22)4/h17-25,28-29H,6-16H2,1-5H3/t18-,19+,20+,21-,22+,23+,24+,25-,26-,27+/m1/s1. The minimum Gasteiger partial charge on any atom is -0.390 e. The molecule has 0 aromatic heterocycles. The summed E-state index contributed by atoms with van der Waals surface area (Å²) in [6.07, 6.45) is 13.2. The van der Waals surface area contributed by atoms with Crippen LogP contribution in [0, 0.1) is 52.3 Å². The van der Waals surface area contributed by atoms with Crippen LogP contribution in [0.25, 0.3) is 0 Å². The largest absolute Gasteiger partial charge is 0.390 e. The molecule has 4 fully saturated rings. The zero-order valence-corrected chi connectivity index (χ0v) is 19.9. The number of rotatable bonds is 5. The van der Waals surface area contributed by atoms with Gasteiger partial charge in [0.25, 0.3) is 0 Å². The summed E-state index contributed by atoms with van der Waals surface area (Å²) in [6.45, 7) is 12.4. The third kappa shape index (κ3) is 3.73. The summed E-state index contributed by atoms with van der Waals surface area (Å²) in [5.74, 6) is 5.80. The van der Waals surface area contributed by atoms with Crippen LogP contribution in [0.3, 0.4) is 0 Å². The molecule has 2 nitrogen and oxygen atoms in total. The Morgan fingerprint density at radius 1 is 0.828 bits per heavy atom. The van der Waals surface area contributed by atoms with Gasteiger partial charge in [0.05, 0.1) is 12.2 Å². The maximum absolute atomic E-state index is 10.5. The summed E-state index contributed by atoms with van der Waals surface area (Å²) in [7, 11) is 0. The van der Waals surface area contributed by atoms with Crippen molar-refractivity contribution in [2.24, 2.45) is 52.3 Å². The van der Waals surface area contributed by atoms with E-state index >= 15 is 0 Å². The molecular formula is C27H48O2. The number of aliphatic hydroxyl groups excluding tert-OH is 2. The Kier molecular flexibility index (Phi) is 6.19. The quantitative estimate of drug-likeness (QED) is 0.553. The highest BCUT2D eigenvalue weighted by atomic mass is 16.3. The molecule has 0 saturated heterocycles. The van der Waals surface area contributed by atoms with Crippen molar-refractivity contribution in [3.05, 3.63) is 0 Å². The lowest BCUT2D eigenvalue weighted by molar-refractivity contribution is -0.160. The second-order valence-electron chi connectivity index (χ2n) is 12.8. The molecule has 0 radical (unpaired) electrons. The molecule has 10 atom stereocenters. The van der Waals surface area contributed by atoms with Gasteiger partial charge in [-0.15, -0.1) is 0 Å². The number of hydrogen-bond acceptors (Lipinski definition) is 2. The average molecular weight is 405 g/mol. The van der Waals surface area contributed by atoms with Gasteiger partial charge in [0.2, 0.25) is 0 Å². The average Bonchev–Trinajstić information content (AvgIpc) is 3.00. The first-order chi connectivity index (χ1) is 13.7. The first-order valence-electron chi connectivity index (χ1n) is 13.0. The third-order valence-corrected chi connectivity index (χ3v) is 10.9. The lowest BCUT2D eigenvalue weighted by Gasteiger charge is -2.61. The zero-order chi connectivity index (χ0) is 21.0. The molecule has 0 unspecified atom stereocenters. The molecule has 0 aromatic rings. The summed E-state index contributed by atoms with van der Waals surface area (Å²) < 4.78 is 0. The van der Waals surface area contributed by atoms with Crippen LogP contribution in [0.1, 0.15) is 105 Å². The van der Waals surface area contributed by atoms with Crippen LogP contribution in [-0.4, -0.2) is 22.4 Å². The fourth-order valence-corrected chi connectivity index (χ4v) is 9.30. The van der Waals surface area contributed by atoms with E-state index in [4.69, 9.17) is 0 Å². The number of fused-ring (bicyclic) bond motifs is 5. The first kappa shape index (κ1) is 22.1. The molecule has 0 aromatic carbocycles. The Morgan fingerprint density at radius 2 is 1.55 bits per heavy atom. The molecule has 4 aliphatic carbocycles. The zero-order valence-electron chi connectivity index (χ0n) is 19.9. The van der Waals surface area contributed by atoms with Crippen LogP contribution in [0.15, 0.2) is 0 Å². The molecule has 2 N–H and O–H groups in total. The second kappa shape index (κ2) is 8.12. The maximum Gasteiger partial charge on any atom is 0.0804 e. The van der Waals surface area contributed by atoms with E-state index in [-0.39, 0.29) is 5.41 Å². The lowest BCUT2D eigenvalue weighted by atomic mass is 9.44. The monoisotopic (exact) mass is 404 g/mol. The van der Waals surface area contributed by atoms with Gasteiger partial charge >= 0.3 is 0 Å². The molecule has 4 rings (SSSR count). The molecule has 0 amide bonds. The van der Waals surface area contributed by atoms with Crippen molar-refractivity contribution >= 4 is 0 Å². The molecule has 4 aliphatic rings. The highest BCUT2D eigenvalue weighted by Gasteiger charge is 2.61. The highest BCUT2D eigenvalue weighted by Crippen LogP contribution is 2.68. The van der Waals surface area contributed by atoms with Gasteiger partial charge < -0.3 is 10.2 Å². The van der Waals surface area contributed by atoms with Crippen molar-refractivity contribution in [3.8, 4) is 0 Å². The van der Waals surface area contributed by atoms with Gasteiger partial charge in [0.15, 0.2) is 0 Å². The Labute approximate surface area is 180 Å². The SMILES string of the molecule is CC(C)CCC[C@@H](C)[C@H]1CC[C@H]2[C@@H]3CC[C@H]4C[C@H](O)[C@H](O)C[C@]4(C)[C@H]3CC[C@]12C. The van der Waals surface area contributed by atoms with Gasteiger partial charge in [-0.05, 0) is 104 Å². The van der Waals surface area contributed by atoms with E-state index < -0.39 is 12.2 Å². The molecule has 29 heavy (non-hydrogen) atoms. The van der Waals surface area contributed by atoms with E-state index in [1.807, 2.05) is 0 Å². The predicted molar refractivity (Wildman–Crippen MR) is 120 cm³/mol. The van der Waals surface area contributed by atoms with E-state index in [0.717, 1.165) is 48.3 Å². The van der Waals surface area contributed by atoms with Crippen molar-refractivity contribution < 1.29 is 10.2 Å². The van der Waals surface area contributed by atoms with Crippen LogP contribution in [0.5, 0.6) is 0 Å². The summed E-state index contributed by atoms with van der Waals surface area (Å²) in [4.78, 5) is 0. The van der Waals surface area contributed by atoms with Crippen LogP contribution < -0.4 is 0 Å². The van der Waals surface area contributed by atoms with Gasteiger partial charge in [-0.25, -0.2) is 0 Å². The minimum absolute atomic E-state index is 0.254. The molecular weight excluding hydrogens is 356 g/mol. The van der Waals surface area contributed by atoms with Crippen molar-refractivity contribution in [1.29, 1.82) is 0 Å². The number of hydrogen-bond donors (Lipinski definition) is 2. The molecule has 0 spiro atoms. The summed E-state index contributed by atoms with van der Waals surface area (Å²) >= 11 is 0. The van der Waals surface area contributed by atoms with Gasteiger partial charge in [0, 0.05) is 0 Å². The highest BCUT2D eigenvalue weighted by molar-refractivity contribution is 5.10. The topological polar surface area (TPSA) is 40.5 Å². The Morgan fingerprint density at radius 3 is 2.28 bits per heavy atom. The molecule has 0 heterocycles. The first-order valence-corrected chi connectivity index (χ1v) is 13.0. The molecule has 0 aliphatic heterocycles. The predicted octanol–water partition coefficient (Wildman–Crippen LogP) is 6.44. The summed E-state index contributed by atoms with van der Waals surface area (Å²) in [5, 5.41) is 20.8. The third-order valence-electron chi connectivity index (χ3n) is 10.9. The van der Waals surface area contributed by atoms with Gasteiger partial charge in [-0.3, -0.25) is 0 Å². The summed E-state index contributed by atoms with van der Waals surface area (Å²) in [6, 6.07) is 0. The van der Waals surface area contributed by atoms with Crippen molar-refractivity contribution in [3.63, 3.8) is 0 Å². The van der Waals surface area contributed by atoms with Crippen molar-refractivity contribution in [2.75, 3.05) is 0 Å². The lowest BCUT2D eigenvalue weighted by Crippen LogP contribution is -2.56. The fraction of sp³-hybridized carbons (Fsp3) is 1.00. The van der Waals surface area contributed by atoms with Crippen LogP contribution in [0.4, 0.5) is 0 Å². The summed E-state index contributed by atoms with van der Waals surface area (Å²) in [5.41, 5.74) is 0.804. The number of aliphatic hydroxyl groups is 2. The fourth-order valence-electron chi connectivity index (χ4n) is 9.30. The van der Waals surface area contributed by atoms with Gasteiger partial charge in [0.1, 0.15) is 0 Å². The Bertz CT molecular complexity index is 573. The molecule has 0 bridgehead atoms. The van der Waals surface area contributed by atoms with Crippen molar-refractivity contribution in [2.45, 2.75) is 117 Å². The van der Waals surface area contributed by atoms with Crippen molar-refractivity contribution in [1.82, 2.24) is 0 Å².